The molecule has 22 heavy (non-hydrogen) atoms. The summed E-state index contributed by atoms with van der Waals surface area (Å²) in [5.41, 5.74) is 3.70. The molecule has 4 heteroatoms. The number of fused-ring (bicyclic) bond motifs is 1. The number of hydrogen-bond donors (Lipinski definition) is 1. The molecule has 0 fully saturated rings. The van der Waals surface area contributed by atoms with Gasteiger partial charge in [0.15, 0.2) is 6.61 Å². The first-order valence-electron chi connectivity index (χ1n) is 7.39. The molecule has 0 unspecified atom stereocenters. The predicted octanol–water partition coefficient (Wildman–Crippen LogP) is 3.94. The molecule has 3 nitrogen and oxygen atoms in total. The molecule has 2 aromatic rings. The highest BCUT2D eigenvalue weighted by Crippen LogP contribution is 2.30. The van der Waals surface area contributed by atoms with Gasteiger partial charge in [0, 0.05) is 0 Å². The van der Waals surface area contributed by atoms with E-state index in [9.17, 15) is 4.79 Å². The average Bonchev–Trinajstić information content (AvgIpc) is 2.90. The summed E-state index contributed by atoms with van der Waals surface area (Å²) in [5, 5.41) is 3.06. The van der Waals surface area contributed by atoms with Gasteiger partial charge in [0.2, 0.25) is 0 Å². The lowest BCUT2D eigenvalue weighted by atomic mass is 10.1. The normalized spacial score (nSPS) is 16.2. The van der Waals surface area contributed by atoms with Crippen LogP contribution < -0.4 is 10.1 Å². The Hall–Kier alpha value is -1.81. The number of amides is 1. The van der Waals surface area contributed by atoms with Gasteiger partial charge in [0.1, 0.15) is 5.75 Å². The van der Waals surface area contributed by atoms with Crippen LogP contribution in [0.4, 0.5) is 0 Å². The van der Waals surface area contributed by atoms with Gasteiger partial charge < -0.3 is 10.1 Å². The third kappa shape index (κ3) is 3.33. The van der Waals surface area contributed by atoms with Gasteiger partial charge in [-0.15, -0.1) is 0 Å². The van der Waals surface area contributed by atoms with E-state index in [0.29, 0.717) is 5.75 Å². The molecule has 0 radical (unpaired) electrons. The van der Waals surface area contributed by atoms with E-state index in [4.69, 9.17) is 4.74 Å². The maximum atomic E-state index is 12.1. The molecular weight excluding hydrogens is 342 g/mol. The Bertz CT molecular complexity index is 699. The zero-order valence-corrected chi connectivity index (χ0v) is 14.0. The molecule has 1 N–H and O–H groups in total. The lowest BCUT2D eigenvalue weighted by Crippen LogP contribution is -2.31. The number of rotatable bonds is 4. The van der Waals surface area contributed by atoms with Gasteiger partial charge in [-0.25, -0.2) is 0 Å². The maximum absolute atomic E-state index is 12.1. The first-order chi connectivity index (χ1) is 10.6. The van der Waals surface area contributed by atoms with Crippen LogP contribution in [0.1, 0.15) is 29.2 Å². The van der Waals surface area contributed by atoms with Crippen molar-refractivity contribution in [3.63, 3.8) is 0 Å². The third-order valence-corrected chi connectivity index (χ3v) is 4.53. The second-order valence-electron chi connectivity index (χ2n) is 5.58. The van der Waals surface area contributed by atoms with Crippen LogP contribution in [0.5, 0.6) is 5.75 Å². The van der Waals surface area contributed by atoms with Crippen molar-refractivity contribution in [3.8, 4) is 5.75 Å². The summed E-state index contributed by atoms with van der Waals surface area (Å²) in [5.74, 6) is 0.599. The van der Waals surface area contributed by atoms with Gasteiger partial charge in [0.25, 0.3) is 5.91 Å². The van der Waals surface area contributed by atoms with Gasteiger partial charge in [-0.1, -0.05) is 30.3 Å². The molecule has 114 valence electrons. The van der Waals surface area contributed by atoms with Crippen LogP contribution in [-0.4, -0.2) is 12.5 Å². The van der Waals surface area contributed by atoms with Crippen molar-refractivity contribution >= 4 is 21.8 Å². The first-order valence-corrected chi connectivity index (χ1v) is 8.19. The molecule has 3 rings (SSSR count). The lowest BCUT2D eigenvalue weighted by Gasteiger charge is -2.15. The number of aryl methyl sites for hydroxylation is 2. The van der Waals surface area contributed by atoms with Crippen LogP contribution >= 0.6 is 15.9 Å². The number of benzene rings is 2. The summed E-state index contributed by atoms with van der Waals surface area (Å²) in [6, 6.07) is 14.2. The van der Waals surface area contributed by atoms with E-state index in [-0.39, 0.29) is 18.6 Å². The topological polar surface area (TPSA) is 38.3 Å². The van der Waals surface area contributed by atoms with Crippen LogP contribution in [0.3, 0.4) is 0 Å². The van der Waals surface area contributed by atoms with Crippen molar-refractivity contribution in [2.45, 2.75) is 25.8 Å². The highest BCUT2D eigenvalue weighted by atomic mass is 79.9. The van der Waals surface area contributed by atoms with E-state index >= 15 is 0 Å². The van der Waals surface area contributed by atoms with E-state index in [1.165, 1.54) is 11.1 Å². The highest BCUT2D eigenvalue weighted by Gasteiger charge is 2.23. The van der Waals surface area contributed by atoms with Gasteiger partial charge in [-0.3, -0.25) is 4.79 Å². The number of carbonyl (C=O) groups excluding carboxylic acids is 1. The van der Waals surface area contributed by atoms with Gasteiger partial charge >= 0.3 is 0 Å². The molecule has 0 heterocycles. The second kappa shape index (κ2) is 6.53. The summed E-state index contributed by atoms with van der Waals surface area (Å²) >= 11 is 3.45. The van der Waals surface area contributed by atoms with Crippen LogP contribution in [-0.2, 0) is 11.2 Å². The quantitative estimate of drug-likeness (QED) is 0.897. The predicted molar refractivity (Wildman–Crippen MR) is 90.0 cm³/mol. The zero-order chi connectivity index (χ0) is 15.5. The summed E-state index contributed by atoms with van der Waals surface area (Å²) in [6.45, 7) is 2.04. The van der Waals surface area contributed by atoms with Crippen molar-refractivity contribution in [2.24, 2.45) is 0 Å². The van der Waals surface area contributed by atoms with Crippen LogP contribution in [0, 0.1) is 6.92 Å². The molecule has 2 aromatic carbocycles. The first kappa shape index (κ1) is 15.1. The molecule has 1 amide bonds. The van der Waals surface area contributed by atoms with Crippen molar-refractivity contribution in [1.82, 2.24) is 5.32 Å². The molecule has 0 bridgehead atoms. The molecule has 0 spiro atoms. The SMILES string of the molecule is Cc1ccc(OCC(=O)N[C@@H]2CCc3ccccc32)c(Br)c1. The molecule has 0 saturated carbocycles. The summed E-state index contributed by atoms with van der Waals surface area (Å²) in [4.78, 5) is 12.1. The lowest BCUT2D eigenvalue weighted by molar-refractivity contribution is -0.123. The molecule has 0 saturated heterocycles. The zero-order valence-electron chi connectivity index (χ0n) is 12.4. The molecular formula is C18H18BrNO2. The monoisotopic (exact) mass is 359 g/mol. The third-order valence-electron chi connectivity index (χ3n) is 3.91. The molecule has 1 atom stereocenters. The van der Waals surface area contributed by atoms with E-state index in [0.717, 1.165) is 22.9 Å². The fraction of sp³-hybridized carbons (Fsp3) is 0.278. The molecule has 0 aromatic heterocycles. The Kier molecular flexibility index (Phi) is 4.48. The van der Waals surface area contributed by atoms with Crippen molar-refractivity contribution < 1.29 is 9.53 Å². The maximum Gasteiger partial charge on any atom is 0.258 e. The fourth-order valence-electron chi connectivity index (χ4n) is 2.81. The smallest absolute Gasteiger partial charge is 0.258 e. The van der Waals surface area contributed by atoms with Crippen molar-refractivity contribution in [1.29, 1.82) is 0 Å². The minimum absolute atomic E-state index is 0.0281. The fourth-order valence-corrected chi connectivity index (χ4v) is 3.42. The summed E-state index contributed by atoms with van der Waals surface area (Å²) < 4.78 is 6.46. The second-order valence-corrected chi connectivity index (χ2v) is 6.43. The Morgan fingerprint density at radius 2 is 2.14 bits per heavy atom. The van der Waals surface area contributed by atoms with Crippen LogP contribution in [0.2, 0.25) is 0 Å². The van der Waals surface area contributed by atoms with Gasteiger partial charge in [-0.05, 0) is 64.5 Å². The van der Waals surface area contributed by atoms with Crippen LogP contribution in [0.25, 0.3) is 0 Å². The standard InChI is InChI=1S/C18H18BrNO2/c1-12-6-9-17(15(19)10-12)22-11-18(21)20-16-8-7-13-4-2-3-5-14(13)16/h2-6,9-10,16H,7-8,11H2,1H3,(H,20,21)/t16-/m1/s1. The molecule has 1 aliphatic carbocycles. The van der Waals surface area contributed by atoms with E-state index in [2.05, 4.69) is 33.4 Å². The Morgan fingerprint density at radius 1 is 1.32 bits per heavy atom. The number of ether oxygens (including phenoxy) is 1. The molecule has 1 aliphatic rings. The number of nitrogens with one attached hydrogen (secondary N) is 1. The van der Waals surface area contributed by atoms with Crippen LogP contribution in [0.15, 0.2) is 46.9 Å². The van der Waals surface area contributed by atoms with Crippen molar-refractivity contribution in [2.75, 3.05) is 6.61 Å². The van der Waals surface area contributed by atoms with E-state index in [1.54, 1.807) is 0 Å². The number of carbonyl (C=O) groups is 1. The van der Waals surface area contributed by atoms with E-state index in [1.807, 2.05) is 37.3 Å². The Morgan fingerprint density at radius 3 is 2.95 bits per heavy atom. The summed E-state index contributed by atoms with van der Waals surface area (Å²) in [7, 11) is 0. The van der Waals surface area contributed by atoms with Gasteiger partial charge in [-0.2, -0.15) is 0 Å². The minimum atomic E-state index is -0.0887. The van der Waals surface area contributed by atoms with E-state index < -0.39 is 0 Å². The summed E-state index contributed by atoms with van der Waals surface area (Å²) in [6.07, 6.45) is 1.98. The largest absolute Gasteiger partial charge is 0.483 e. The number of hydrogen-bond acceptors (Lipinski definition) is 2. The Labute approximate surface area is 138 Å². The Balaban J connectivity index is 1.57. The van der Waals surface area contributed by atoms with Gasteiger partial charge in [0.05, 0.1) is 10.5 Å². The minimum Gasteiger partial charge on any atom is -0.483 e. The highest BCUT2D eigenvalue weighted by molar-refractivity contribution is 9.10. The number of halogens is 1. The average molecular weight is 360 g/mol. The van der Waals surface area contributed by atoms with Crippen molar-refractivity contribution in [3.05, 3.63) is 63.6 Å². The molecule has 0 aliphatic heterocycles.